The van der Waals surface area contributed by atoms with Gasteiger partial charge in [-0.3, -0.25) is 0 Å². The van der Waals surface area contributed by atoms with E-state index in [1.807, 2.05) is 18.2 Å². The number of hydrogen-bond donors (Lipinski definition) is 1. The minimum Gasteiger partial charge on any atom is -0.458 e. The van der Waals surface area contributed by atoms with Crippen LogP contribution in [0, 0.1) is 12.8 Å². The monoisotopic (exact) mass is 278 g/mol. The van der Waals surface area contributed by atoms with Crippen LogP contribution in [0.1, 0.15) is 28.6 Å². The number of aliphatic hydroxyl groups is 1. The second-order valence-electron chi connectivity index (χ2n) is 6.07. The molecule has 1 atom stereocenters. The van der Waals surface area contributed by atoms with Gasteiger partial charge in [-0.15, -0.1) is 0 Å². The fourth-order valence-electron chi connectivity index (χ4n) is 3.38. The van der Waals surface area contributed by atoms with Gasteiger partial charge in [0, 0.05) is 11.3 Å². The average molecular weight is 278 g/mol. The summed E-state index contributed by atoms with van der Waals surface area (Å²) in [5.74, 6) is 0.900. The fourth-order valence-corrected chi connectivity index (χ4v) is 3.38. The highest BCUT2D eigenvalue weighted by Crippen LogP contribution is 2.37. The van der Waals surface area contributed by atoms with Gasteiger partial charge in [0.25, 0.3) is 0 Å². The fraction of sp³-hybridized carbons (Fsp3) is 0.263. The molecule has 1 aliphatic carbocycles. The Labute approximate surface area is 124 Å². The average Bonchev–Trinajstić information content (AvgIpc) is 3.09. The molecule has 4 rings (SSSR count). The van der Waals surface area contributed by atoms with Gasteiger partial charge in [-0.1, -0.05) is 35.9 Å². The van der Waals surface area contributed by atoms with Gasteiger partial charge in [-0.2, -0.15) is 0 Å². The zero-order valence-corrected chi connectivity index (χ0v) is 12.0. The molecule has 1 aromatic heterocycles. The maximum atomic E-state index is 10.7. The summed E-state index contributed by atoms with van der Waals surface area (Å²) in [7, 11) is 0. The molecule has 1 N–H and O–H groups in total. The van der Waals surface area contributed by atoms with Crippen molar-refractivity contribution < 1.29 is 9.52 Å². The Morgan fingerprint density at radius 1 is 1.05 bits per heavy atom. The van der Waals surface area contributed by atoms with E-state index >= 15 is 0 Å². The van der Waals surface area contributed by atoms with Crippen molar-refractivity contribution in [1.29, 1.82) is 0 Å². The van der Waals surface area contributed by atoms with Gasteiger partial charge in [0.2, 0.25) is 0 Å². The topological polar surface area (TPSA) is 33.4 Å². The van der Waals surface area contributed by atoms with Crippen LogP contribution in [0.5, 0.6) is 0 Å². The molecule has 106 valence electrons. The molecule has 0 aliphatic heterocycles. The van der Waals surface area contributed by atoms with Gasteiger partial charge in [0.1, 0.15) is 17.4 Å². The molecule has 3 aromatic rings. The molecule has 2 aromatic carbocycles. The predicted octanol–water partition coefficient (Wildman–Crippen LogP) is 4.19. The first-order valence-corrected chi connectivity index (χ1v) is 7.45. The third kappa shape index (κ3) is 2.16. The molecule has 21 heavy (non-hydrogen) atoms. The van der Waals surface area contributed by atoms with E-state index in [2.05, 4.69) is 37.3 Å². The van der Waals surface area contributed by atoms with E-state index in [0.717, 1.165) is 23.8 Å². The van der Waals surface area contributed by atoms with E-state index in [4.69, 9.17) is 4.42 Å². The van der Waals surface area contributed by atoms with Crippen LogP contribution in [0.4, 0.5) is 0 Å². The van der Waals surface area contributed by atoms with Crippen LogP contribution in [0.15, 0.2) is 52.9 Å². The summed E-state index contributed by atoms with van der Waals surface area (Å²) in [6.07, 6.45) is 1.31. The predicted molar refractivity (Wildman–Crippen MR) is 83.3 cm³/mol. The molecule has 2 heteroatoms. The van der Waals surface area contributed by atoms with Crippen LogP contribution in [0.25, 0.3) is 11.0 Å². The molecular weight excluding hydrogens is 260 g/mol. The summed E-state index contributed by atoms with van der Waals surface area (Å²) in [4.78, 5) is 0. The van der Waals surface area contributed by atoms with Crippen molar-refractivity contribution in [2.75, 3.05) is 0 Å². The normalized spacial score (nSPS) is 16.3. The van der Waals surface area contributed by atoms with Crippen molar-refractivity contribution in [2.24, 2.45) is 5.92 Å². The van der Waals surface area contributed by atoms with E-state index in [0.29, 0.717) is 5.76 Å². The van der Waals surface area contributed by atoms with Crippen LogP contribution in [-0.4, -0.2) is 5.11 Å². The molecule has 1 heterocycles. The number of aliphatic hydroxyl groups excluding tert-OH is 1. The lowest BCUT2D eigenvalue weighted by Gasteiger charge is -2.14. The van der Waals surface area contributed by atoms with E-state index < -0.39 is 6.10 Å². The highest BCUT2D eigenvalue weighted by molar-refractivity contribution is 5.78. The second-order valence-corrected chi connectivity index (χ2v) is 6.07. The first kappa shape index (κ1) is 12.7. The van der Waals surface area contributed by atoms with E-state index in [1.54, 1.807) is 0 Å². The number of benzene rings is 2. The maximum Gasteiger partial charge on any atom is 0.134 e. The Morgan fingerprint density at radius 2 is 1.76 bits per heavy atom. The highest BCUT2D eigenvalue weighted by atomic mass is 16.4. The molecule has 0 radical (unpaired) electrons. The third-order valence-corrected chi connectivity index (χ3v) is 4.51. The molecular formula is C19H18O2. The minimum atomic E-state index is -0.537. The first-order chi connectivity index (χ1) is 10.2. The van der Waals surface area contributed by atoms with Crippen molar-refractivity contribution in [3.05, 3.63) is 71.0 Å². The molecule has 1 aliphatic rings. The zero-order chi connectivity index (χ0) is 14.4. The van der Waals surface area contributed by atoms with Gasteiger partial charge < -0.3 is 9.52 Å². The SMILES string of the molecule is Cc1ccc2oc(C(O)C3Cc4ccccc4C3)cc2c1. The molecule has 1 unspecified atom stereocenters. The van der Waals surface area contributed by atoms with Gasteiger partial charge in [0.15, 0.2) is 0 Å². The minimum absolute atomic E-state index is 0.212. The Kier molecular flexibility index (Phi) is 2.86. The molecule has 0 spiro atoms. The third-order valence-electron chi connectivity index (χ3n) is 4.51. The number of rotatable bonds is 2. The van der Waals surface area contributed by atoms with Crippen LogP contribution < -0.4 is 0 Å². The quantitative estimate of drug-likeness (QED) is 0.762. The summed E-state index contributed by atoms with van der Waals surface area (Å²) in [5, 5.41) is 11.7. The van der Waals surface area contributed by atoms with Gasteiger partial charge >= 0.3 is 0 Å². The Bertz CT molecular complexity index is 775. The summed E-state index contributed by atoms with van der Waals surface area (Å²) in [6.45, 7) is 2.07. The van der Waals surface area contributed by atoms with Crippen molar-refractivity contribution in [2.45, 2.75) is 25.9 Å². The Morgan fingerprint density at radius 3 is 2.48 bits per heavy atom. The lowest BCUT2D eigenvalue weighted by Crippen LogP contribution is -2.12. The maximum absolute atomic E-state index is 10.7. The van der Waals surface area contributed by atoms with Gasteiger partial charge in [-0.05, 0) is 49.1 Å². The van der Waals surface area contributed by atoms with Crippen LogP contribution in [0.3, 0.4) is 0 Å². The molecule has 2 nitrogen and oxygen atoms in total. The lowest BCUT2D eigenvalue weighted by atomic mass is 9.97. The van der Waals surface area contributed by atoms with Gasteiger partial charge in [-0.25, -0.2) is 0 Å². The van der Waals surface area contributed by atoms with Crippen molar-refractivity contribution in [3.63, 3.8) is 0 Å². The zero-order valence-electron chi connectivity index (χ0n) is 12.0. The molecule has 0 saturated carbocycles. The summed E-state index contributed by atoms with van der Waals surface area (Å²) < 4.78 is 5.85. The number of furan rings is 1. The van der Waals surface area contributed by atoms with Crippen LogP contribution >= 0.6 is 0 Å². The standard InChI is InChI=1S/C19H18O2/c1-12-6-7-17-15(8-12)11-18(21-17)19(20)16-9-13-4-2-3-5-14(13)10-16/h2-8,11,16,19-20H,9-10H2,1H3. The summed E-state index contributed by atoms with van der Waals surface area (Å²) in [6, 6.07) is 16.5. The molecule has 0 saturated heterocycles. The lowest BCUT2D eigenvalue weighted by molar-refractivity contribution is 0.0921. The Balaban J connectivity index is 1.64. The molecule has 0 fully saturated rings. The highest BCUT2D eigenvalue weighted by Gasteiger charge is 2.30. The molecule has 0 bridgehead atoms. The van der Waals surface area contributed by atoms with E-state index in [-0.39, 0.29) is 5.92 Å². The largest absolute Gasteiger partial charge is 0.458 e. The number of aryl methyl sites for hydroxylation is 1. The number of fused-ring (bicyclic) bond motifs is 2. The second kappa shape index (κ2) is 4.74. The smallest absolute Gasteiger partial charge is 0.134 e. The number of hydrogen-bond acceptors (Lipinski definition) is 2. The molecule has 0 amide bonds. The summed E-state index contributed by atoms with van der Waals surface area (Å²) in [5.41, 5.74) is 4.77. The van der Waals surface area contributed by atoms with E-state index in [9.17, 15) is 5.11 Å². The first-order valence-electron chi connectivity index (χ1n) is 7.45. The van der Waals surface area contributed by atoms with Crippen molar-refractivity contribution in [1.82, 2.24) is 0 Å². The van der Waals surface area contributed by atoms with Crippen molar-refractivity contribution in [3.8, 4) is 0 Å². The van der Waals surface area contributed by atoms with Crippen molar-refractivity contribution >= 4 is 11.0 Å². The Hall–Kier alpha value is -2.06. The van der Waals surface area contributed by atoms with Crippen LogP contribution in [0.2, 0.25) is 0 Å². The van der Waals surface area contributed by atoms with E-state index in [1.165, 1.54) is 16.7 Å². The summed E-state index contributed by atoms with van der Waals surface area (Å²) >= 11 is 0. The van der Waals surface area contributed by atoms with Crippen LogP contribution in [-0.2, 0) is 12.8 Å². The van der Waals surface area contributed by atoms with Gasteiger partial charge in [0.05, 0.1) is 0 Å².